The molecule has 146 valence electrons. The minimum absolute atomic E-state index is 0.0583. The molecule has 1 aliphatic heterocycles. The molecule has 27 heavy (non-hydrogen) atoms. The number of fused-ring (bicyclic) bond motifs is 1. The summed E-state index contributed by atoms with van der Waals surface area (Å²) in [7, 11) is 0. The number of carbonyl (C=O) groups excluding carboxylic acids is 1. The zero-order valence-electron chi connectivity index (χ0n) is 16.3. The van der Waals surface area contributed by atoms with E-state index in [4.69, 9.17) is 13.9 Å². The maximum Gasteiger partial charge on any atom is 0.277 e. The van der Waals surface area contributed by atoms with Gasteiger partial charge in [0.1, 0.15) is 0 Å². The van der Waals surface area contributed by atoms with Gasteiger partial charge in [-0.15, -0.1) is 10.2 Å². The van der Waals surface area contributed by atoms with E-state index < -0.39 is 0 Å². The van der Waals surface area contributed by atoms with Crippen LogP contribution in [0.5, 0.6) is 11.5 Å². The van der Waals surface area contributed by atoms with E-state index in [1.807, 2.05) is 19.9 Å². The molecule has 0 saturated heterocycles. The van der Waals surface area contributed by atoms with Gasteiger partial charge >= 0.3 is 0 Å². The van der Waals surface area contributed by atoms with E-state index in [-0.39, 0.29) is 29.4 Å². The maximum atomic E-state index is 12.3. The highest BCUT2D eigenvalue weighted by atomic mass is 32.2. The van der Waals surface area contributed by atoms with Crippen LogP contribution in [0.15, 0.2) is 27.8 Å². The van der Waals surface area contributed by atoms with Crippen molar-refractivity contribution in [3.05, 3.63) is 18.2 Å². The number of ether oxygens (including phenoxy) is 2. The molecule has 0 bridgehead atoms. The monoisotopic (exact) mass is 391 g/mol. The number of hydrogen-bond acceptors (Lipinski definition) is 7. The van der Waals surface area contributed by atoms with Gasteiger partial charge in [-0.2, -0.15) is 0 Å². The third kappa shape index (κ3) is 5.38. The second-order valence-electron chi connectivity index (χ2n) is 8.40. The molecule has 7 nitrogen and oxygen atoms in total. The number of amides is 1. The number of nitrogens with zero attached hydrogens (tertiary/aromatic N) is 2. The molecule has 0 atom stereocenters. The summed E-state index contributed by atoms with van der Waals surface area (Å²) in [6, 6.07) is 5.43. The summed E-state index contributed by atoms with van der Waals surface area (Å²) in [5, 5.41) is 11.5. The first-order valence-corrected chi connectivity index (χ1v) is 9.77. The van der Waals surface area contributed by atoms with Gasteiger partial charge in [-0.3, -0.25) is 4.79 Å². The van der Waals surface area contributed by atoms with Crippen molar-refractivity contribution in [2.24, 2.45) is 5.41 Å². The van der Waals surface area contributed by atoms with E-state index in [1.54, 1.807) is 12.1 Å². The molecular formula is C19H25N3O4S. The molecule has 0 spiro atoms. The van der Waals surface area contributed by atoms with Gasteiger partial charge in [-0.25, -0.2) is 0 Å². The second kappa shape index (κ2) is 7.42. The molecule has 0 saturated carbocycles. The number of carbonyl (C=O) groups is 1. The number of nitrogens with one attached hydrogen (secondary N) is 1. The number of rotatable bonds is 6. The highest BCUT2D eigenvalue weighted by molar-refractivity contribution is 7.99. The van der Waals surface area contributed by atoms with Crippen LogP contribution in [0.25, 0.3) is 11.5 Å². The molecular weight excluding hydrogens is 366 g/mol. The molecule has 2 aromatic rings. The van der Waals surface area contributed by atoms with Gasteiger partial charge in [0, 0.05) is 11.1 Å². The summed E-state index contributed by atoms with van der Waals surface area (Å²) in [6.07, 6.45) is 0.880. The molecule has 0 fully saturated rings. The lowest BCUT2D eigenvalue weighted by molar-refractivity contribution is -0.120. The molecule has 8 heteroatoms. The van der Waals surface area contributed by atoms with E-state index in [9.17, 15) is 4.79 Å². The summed E-state index contributed by atoms with van der Waals surface area (Å²) in [6.45, 7) is 10.8. The quantitative estimate of drug-likeness (QED) is 0.748. The zero-order valence-corrected chi connectivity index (χ0v) is 17.1. The fourth-order valence-corrected chi connectivity index (χ4v) is 3.89. The van der Waals surface area contributed by atoms with Crippen LogP contribution in [0.2, 0.25) is 0 Å². The Morgan fingerprint density at radius 3 is 2.63 bits per heavy atom. The lowest BCUT2D eigenvalue weighted by Crippen LogP contribution is -2.46. The van der Waals surface area contributed by atoms with Gasteiger partial charge < -0.3 is 19.2 Å². The molecule has 0 unspecified atom stereocenters. The molecule has 1 N–H and O–H groups in total. The molecule has 1 aliphatic rings. The number of aromatic nitrogens is 2. The molecule has 0 aliphatic carbocycles. The van der Waals surface area contributed by atoms with Crippen molar-refractivity contribution in [3.63, 3.8) is 0 Å². The maximum absolute atomic E-state index is 12.3. The van der Waals surface area contributed by atoms with E-state index in [0.29, 0.717) is 22.6 Å². The van der Waals surface area contributed by atoms with Crippen LogP contribution < -0.4 is 14.8 Å². The van der Waals surface area contributed by atoms with Gasteiger partial charge in [0.25, 0.3) is 5.22 Å². The Bertz CT molecular complexity index is 827. The van der Waals surface area contributed by atoms with Crippen molar-refractivity contribution in [3.8, 4) is 23.0 Å². The Morgan fingerprint density at radius 2 is 1.89 bits per heavy atom. The Kier molecular flexibility index (Phi) is 5.37. The van der Waals surface area contributed by atoms with Crippen molar-refractivity contribution in [2.45, 2.75) is 51.8 Å². The topological polar surface area (TPSA) is 86.5 Å². The van der Waals surface area contributed by atoms with Crippen LogP contribution in [-0.4, -0.2) is 34.2 Å². The van der Waals surface area contributed by atoms with Crippen molar-refractivity contribution < 1.29 is 18.7 Å². The van der Waals surface area contributed by atoms with Crippen LogP contribution in [0.3, 0.4) is 0 Å². The van der Waals surface area contributed by atoms with Crippen LogP contribution >= 0.6 is 11.8 Å². The summed E-state index contributed by atoms with van der Waals surface area (Å²) >= 11 is 1.22. The highest BCUT2D eigenvalue weighted by Gasteiger charge is 2.27. The standard InChI is InChI=1S/C19H25N3O4S/c1-18(2,3)10-19(4,5)20-15(23)9-27-17-22-21-16(26-17)12-6-7-13-14(8-12)25-11-24-13/h6-8H,9-11H2,1-5H3,(H,20,23). The minimum Gasteiger partial charge on any atom is -0.454 e. The first kappa shape index (κ1) is 19.5. The van der Waals surface area contributed by atoms with Crippen LogP contribution in [0, 0.1) is 5.41 Å². The van der Waals surface area contributed by atoms with Gasteiger partial charge in [0.15, 0.2) is 11.5 Å². The van der Waals surface area contributed by atoms with E-state index >= 15 is 0 Å². The molecule has 3 rings (SSSR count). The van der Waals surface area contributed by atoms with Crippen molar-refractivity contribution in [1.29, 1.82) is 0 Å². The van der Waals surface area contributed by atoms with E-state index in [1.165, 1.54) is 11.8 Å². The SMILES string of the molecule is CC(C)(C)CC(C)(C)NC(=O)CSc1nnc(-c2ccc3c(c2)OCO3)o1. The Hall–Kier alpha value is -2.22. The molecule has 2 heterocycles. The Morgan fingerprint density at radius 1 is 1.15 bits per heavy atom. The number of benzene rings is 1. The fourth-order valence-electron chi connectivity index (χ4n) is 3.33. The van der Waals surface area contributed by atoms with Gasteiger partial charge in [0.05, 0.1) is 5.75 Å². The predicted octanol–water partition coefficient (Wildman–Crippen LogP) is 3.89. The van der Waals surface area contributed by atoms with Crippen LogP contribution in [-0.2, 0) is 4.79 Å². The number of hydrogen-bond donors (Lipinski definition) is 1. The minimum atomic E-state index is -0.275. The first-order valence-electron chi connectivity index (χ1n) is 8.79. The van der Waals surface area contributed by atoms with Crippen molar-refractivity contribution in [1.82, 2.24) is 15.5 Å². The van der Waals surface area contributed by atoms with Gasteiger partial charge in [0.2, 0.25) is 18.6 Å². The van der Waals surface area contributed by atoms with Gasteiger partial charge in [-0.05, 0) is 43.9 Å². The van der Waals surface area contributed by atoms with Crippen molar-refractivity contribution >= 4 is 17.7 Å². The Balaban J connectivity index is 1.56. The second-order valence-corrected chi connectivity index (χ2v) is 9.33. The molecule has 0 radical (unpaired) electrons. The van der Waals surface area contributed by atoms with E-state index in [2.05, 4.69) is 36.3 Å². The largest absolute Gasteiger partial charge is 0.454 e. The summed E-state index contributed by atoms with van der Waals surface area (Å²) in [5.74, 6) is 1.89. The Labute approximate surface area is 163 Å². The fraction of sp³-hybridized carbons (Fsp3) is 0.526. The molecule has 1 aromatic heterocycles. The average Bonchev–Trinajstić information content (AvgIpc) is 3.18. The summed E-state index contributed by atoms with van der Waals surface area (Å²) in [5.41, 5.74) is 0.604. The first-order chi connectivity index (χ1) is 12.6. The number of thioether (sulfide) groups is 1. The average molecular weight is 391 g/mol. The lowest BCUT2D eigenvalue weighted by Gasteiger charge is -2.33. The summed E-state index contributed by atoms with van der Waals surface area (Å²) in [4.78, 5) is 12.3. The smallest absolute Gasteiger partial charge is 0.277 e. The highest BCUT2D eigenvalue weighted by Crippen LogP contribution is 2.36. The normalized spacial score (nSPS) is 13.7. The zero-order chi connectivity index (χ0) is 19.7. The van der Waals surface area contributed by atoms with Crippen molar-refractivity contribution in [2.75, 3.05) is 12.5 Å². The van der Waals surface area contributed by atoms with Crippen LogP contribution in [0.1, 0.15) is 41.0 Å². The summed E-state index contributed by atoms with van der Waals surface area (Å²) < 4.78 is 16.3. The van der Waals surface area contributed by atoms with Crippen LogP contribution in [0.4, 0.5) is 0 Å². The van der Waals surface area contributed by atoms with Gasteiger partial charge in [-0.1, -0.05) is 32.5 Å². The third-order valence-electron chi connectivity index (χ3n) is 3.80. The third-order valence-corrected chi connectivity index (χ3v) is 4.62. The molecule has 1 aromatic carbocycles. The predicted molar refractivity (Wildman–Crippen MR) is 103 cm³/mol. The molecule has 1 amide bonds. The lowest BCUT2D eigenvalue weighted by atomic mass is 9.82. The van der Waals surface area contributed by atoms with E-state index in [0.717, 1.165) is 12.0 Å².